The molecule has 3 rings (SSSR count). The van der Waals surface area contributed by atoms with Crippen LogP contribution in [-0.2, 0) is 0 Å². The van der Waals surface area contributed by atoms with Gasteiger partial charge in [-0.3, -0.25) is 0 Å². The molecule has 3 saturated carbocycles. The van der Waals surface area contributed by atoms with Crippen molar-refractivity contribution >= 4 is 31.8 Å². The normalized spacial score (nSPS) is 47.1. The van der Waals surface area contributed by atoms with Crippen LogP contribution in [0.1, 0.15) is 77.0 Å². The van der Waals surface area contributed by atoms with Gasteiger partial charge in [-0.05, 0) is 93.5 Å². The fraction of sp³-hybridized carbons (Fsp3) is 1.00. The molecule has 3 aliphatic rings. The Morgan fingerprint density at radius 1 is 0.600 bits per heavy atom. The van der Waals surface area contributed by atoms with Crippen LogP contribution in [0.15, 0.2) is 0 Å². The van der Waals surface area contributed by atoms with Gasteiger partial charge in [0.15, 0.2) is 0 Å². The first-order valence-electron chi connectivity index (χ1n) is 9.12. The molecule has 2 heteroatoms. The minimum Gasteiger partial charge on any atom is -0.134 e. The lowest BCUT2D eigenvalue weighted by Gasteiger charge is -2.41. The fourth-order valence-electron chi connectivity index (χ4n) is 5.33. The van der Waals surface area contributed by atoms with Crippen LogP contribution in [0, 0.1) is 23.7 Å². The van der Waals surface area contributed by atoms with Crippen LogP contribution in [0.5, 0.6) is 0 Å². The molecule has 0 aliphatic heterocycles. The Morgan fingerprint density at radius 2 is 1.10 bits per heavy atom. The fourth-order valence-corrected chi connectivity index (χ4v) is 6.64. The summed E-state index contributed by atoms with van der Waals surface area (Å²) in [5.74, 6) is 4.38. The molecule has 0 bridgehead atoms. The van der Waals surface area contributed by atoms with Crippen LogP contribution in [0.2, 0.25) is 0 Å². The monoisotopic (exact) mass is 406 g/mol. The molecule has 0 N–H and O–H groups in total. The van der Waals surface area contributed by atoms with Gasteiger partial charge in [-0.25, -0.2) is 0 Å². The van der Waals surface area contributed by atoms with Crippen molar-refractivity contribution in [3.63, 3.8) is 0 Å². The Bertz CT molecular complexity index is 290. The maximum atomic E-state index is 3.10. The third-order valence-corrected chi connectivity index (χ3v) is 8.46. The highest BCUT2D eigenvalue weighted by Gasteiger charge is 2.34. The van der Waals surface area contributed by atoms with Gasteiger partial charge in [-0.1, -0.05) is 35.4 Å². The van der Waals surface area contributed by atoms with E-state index in [0.717, 1.165) is 33.3 Å². The van der Waals surface area contributed by atoms with E-state index < -0.39 is 0 Å². The molecular formula is C18H32IP. The summed E-state index contributed by atoms with van der Waals surface area (Å²) in [6.07, 6.45) is 18.4. The van der Waals surface area contributed by atoms with Gasteiger partial charge >= 0.3 is 0 Å². The maximum Gasteiger partial charge on any atom is 0.0110 e. The third kappa shape index (κ3) is 4.12. The van der Waals surface area contributed by atoms with Gasteiger partial charge in [0.25, 0.3) is 0 Å². The molecule has 0 saturated heterocycles. The Kier molecular flexibility index (Phi) is 6.11. The van der Waals surface area contributed by atoms with Crippen LogP contribution in [0.4, 0.5) is 0 Å². The largest absolute Gasteiger partial charge is 0.134 e. The van der Waals surface area contributed by atoms with Gasteiger partial charge in [0.1, 0.15) is 0 Å². The second kappa shape index (κ2) is 7.62. The van der Waals surface area contributed by atoms with Gasteiger partial charge < -0.3 is 0 Å². The van der Waals surface area contributed by atoms with Crippen LogP contribution >= 0.6 is 31.8 Å². The quantitative estimate of drug-likeness (QED) is 0.290. The van der Waals surface area contributed by atoms with Gasteiger partial charge in [-0.15, -0.1) is 9.24 Å². The molecule has 20 heavy (non-hydrogen) atoms. The van der Waals surface area contributed by atoms with E-state index in [4.69, 9.17) is 0 Å². The summed E-state index contributed by atoms with van der Waals surface area (Å²) in [5.41, 5.74) is 0.936. The van der Waals surface area contributed by atoms with Gasteiger partial charge in [0, 0.05) is 3.92 Å². The van der Waals surface area contributed by atoms with E-state index in [1.807, 2.05) is 0 Å². The number of hydrogen-bond donors (Lipinski definition) is 0. The number of alkyl halides is 1. The summed E-state index contributed by atoms with van der Waals surface area (Å²) in [7, 11) is 3.10. The third-order valence-electron chi connectivity index (χ3n) is 6.61. The number of rotatable bonds is 2. The van der Waals surface area contributed by atoms with Crippen molar-refractivity contribution in [1.29, 1.82) is 0 Å². The molecule has 0 aromatic rings. The van der Waals surface area contributed by atoms with Crippen molar-refractivity contribution in [3.8, 4) is 0 Å². The van der Waals surface area contributed by atoms with Gasteiger partial charge in [0.05, 0.1) is 0 Å². The van der Waals surface area contributed by atoms with Crippen molar-refractivity contribution in [3.05, 3.63) is 0 Å². The molecule has 0 nitrogen and oxygen atoms in total. The van der Waals surface area contributed by atoms with Gasteiger partial charge in [-0.2, -0.15) is 0 Å². The molecule has 116 valence electrons. The topological polar surface area (TPSA) is 0 Å². The standard InChI is InChI=1S/C18H32IP/c19-17-10-8-14(9-11-17)13-4-6-15(7-5-13)16-2-1-3-18(20)12-16/h13-18H,1-12,20H2. The molecule has 3 atom stereocenters. The Morgan fingerprint density at radius 3 is 1.65 bits per heavy atom. The van der Waals surface area contributed by atoms with Crippen LogP contribution in [0.25, 0.3) is 0 Å². The summed E-state index contributed by atoms with van der Waals surface area (Å²) in [6, 6.07) is 0. The van der Waals surface area contributed by atoms with Crippen molar-refractivity contribution in [2.24, 2.45) is 23.7 Å². The lowest BCUT2D eigenvalue weighted by molar-refractivity contribution is 0.125. The van der Waals surface area contributed by atoms with Crippen molar-refractivity contribution in [1.82, 2.24) is 0 Å². The van der Waals surface area contributed by atoms with Crippen LogP contribution in [0.3, 0.4) is 0 Å². The summed E-state index contributed by atoms with van der Waals surface area (Å²) < 4.78 is 0.987. The van der Waals surface area contributed by atoms with E-state index in [1.54, 1.807) is 44.9 Å². The summed E-state index contributed by atoms with van der Waals surface area (Å²) in [4.78, 5) is 0. The van der Waals surface area contributed by atoms with Crippen molar-refractivity contribution < 1.29 is 0 Å². The Hall–Kier alpha value is 1.16. The first-order chi connectivity index (χ1) is 9.72. The minimum atomic E-state index is 0.936. The molecular weight excluding hydrogens is 374 g/mol. The molecule has 0 aromatic carbocycles. The molecule has 0 radical (unpaired) electrons. The molecule has 0 aromatic heterocycles. The SMILES string of the molecule is PC1CCCC(C2CCC(C3CCC(I)CC3)CC2)C1. The maximum absolute atomic E-state index is 3.10. The second-order valence-corrected chi connectivity index (χ2v) is 10.6. The number of halogens is 1. The molecule has 0 heterocycles. The zero-order chi connectivity index (χ0) is 13.9. The predicted molar refractivity (Wildman–Crippen MR) is 101 cm³/mol. The summed E-state index contributed by atoms with van der Waals surface area (Å²) in [5, 5.41) is 0. The van der Waals surface area contributed by atoms with Crippen molar-refractivity contribution in [2.45, 2.75) is 86.6 Å². The first kappa shape index (κ1) is 16.0. The van der Waals surface area contributed by atoms with E-state index in [0.29, 0.717) is 0 Å². The molecule has 3 fully saturated rings. The van der Waals surface area contributed by atoms with E-state index in [-0.39, 0.29) is 0 Å². The van der Waals surface area contributed by atoms with Crippen LogP contribution in [-0.4, -0.2) is 9.58 Å². The van der Waals surface area contributed by atoms with E-state index >= 15 is 0 Å². The predicted octanol–water partition coefficient (Wildman–Crippen LogP) is 6.22. The lowest BCUT2D eigenvalue weighted by atomic mass is 9.66. The lowest BCUT2D eigenvalue weighted by Crippen LogP contribution is -2.30. The Balaban J connectivity index is 1.44. The first-order valence-corrected chi connectivity index (χ1v) is 11.0. The zero-order valence-electron chi connectivity index (χ0n) is 12.9. The van der Waals surface area contributed by atoms with Gasteiger partial charge in [0.2, 0.25) is 0 Å². The highest BCUT2D eigenvalue weighted by atomic mass is 127. The molecule has 3 aliphatic carbocycles. The highest BCUT2D eigenvalue weighted by molar-refractivity contribution is 14.1. The van der Waals surface area contributed by atoms with E-state index in [1.165, 1.54) is 32.1 Å². The summed E-state index contributed by atoms with van der Waals surface area (Å²) in [6.45, 7) is 0. The molecule has 3 unspecified atom stereocenters. The number of hydrogen-bond acceptors (Lipinski definition) is 0. The minimum absolute atomic E-state index is 0.936. The summed E-state index contributed by atoms with van der Waals surface area (Å²) >= 11 is 2.67. The average Bonchev–Trinajstić information content (AvgIpc) is 2.48. The smallest absolute Gasteiger partial charge is 0.0110 e. The molecule has 0 spiro atoms. The average molecular weight is 406 g/mol. The van der Waals surface area contributed by atoms with Crippen molar-refractivity contribution in [2.75, 3.05) is 0 Å². The molecule has 0 amide bonds. The van der Waals surface area contributed by atoms with E-state index in [9.17, 15) is 0 Å². The second-order valence-electron chi connectivity index (χ2n) is 7.87. The van der Waals surface area contributed by atoms with E-state index in [2.05, 4.69) is 31.8 Å². The zero-order valence-corrected chi connectivity index (χ0v) is 16.2. The van der Waals surface area contributed by atoms with Crippen LogP contribution < -0.4 is 0 Å². The highest BCUT2D eigenvalue weighted by Crippen LogP contribution is 2.45. The Labute approximate surface area is 142 Å².